The van der Waals surface area contributed by atoms with Gasteiger partial charge in [-0.15, -0.1) is 0 Å². The second-order valence-electron chi connectivity index (χ2n) is 5.99. The van der Waals surface area contributed by atoms with Crippen molar-refractivity contribution in [1.29, 1.82) is 0 Å². The van der Waals surface area contributed by atoms with Crippen molar-refractivity contribution in [2.24, 2.45) is 10.9 Å². The van der Waals surface area contributed by atoms with Gasteiger partial charge in [0.15, 0.2) is 5.96 Å². The molecular formula is C18H27N5. The topological polar surface area (TPSA) is 54.2 Å². The Hall–Kier alpha value is -2.30. The van der Waals surface area contributed by atoms with Gasteiger partial charge >= 0.3 is 0 Å². The van der Waals surface area contributed by atoms with Crippen molar-refractivity contribution < 1.29 is 0 Å². The van der Waals surface area contributed by atoms with E-state index in [-0.39, 0.29) is 0 Å². The van der Waals surface area contributed by atoms with E-state index in [1.165, 1.54) is 5.56 Å². The first-order valence-corrected chi connectivity index (χ1v) is 8.22. The van der Waals surface area contributed by atoms with Crippen molar-refractivity contribution in [3.63, 3.8) is 0 Å². The van der Waals surface area contributed by atoms with Crippen LogP contribution < -0.4 is 10.6 Å². The van der Waals surface area contributed by atoms with Crippen LogP contribution in [0.1, 0.15) is 25.8 Å². The summed E-state index contributed by atoms with van der Waals surface area (Å²) < 4.78 is 1.91. The van der Waals surface area contributed by atoms with E-state index in [1.54, 1.807) is 7.05 Å². The summed E-state index contributed by atoms with van der Waals surface area (Å²) >= 11 is 0. The number of aliphatic imine (C=N–C) groups is 1. The monoisotopic (exact) mass is 313 g/mol. The van der Waals surface area contributed by atoms with E-state index in [0.717, 1.165) is 37.6 Å². The number of benzene rings is 1. The Morgan fingerprint density at radius 3 is 2.61 bits per heavy atom. The molecule has 23 heavy (non-hydrogen) atoms. The highest BCUT2D eigenvalue weighted by Gasteiger charge is 2.02. The molecule has 2 N–H and O–H groups in total. The summed E-state index contributed by atoms with van der Waals surface area (Å²) in [5.74, 6) is 1.56. The minimum Gasteiger partial charge on any atom is -0.356 e. The predicted molar refractivity (Wildman–Crippen MR) is 96.1 cm³/mol. The molecule has 0 amide bonds. The lowest BCUT2D eigenvalue weighted by Gasteiger charge is -2.12. The fourth-order valence-electron chi connectivity index (χ4n) is 2.24. The highest BCUT2D eigenvalue weighted by Crippen LogP contribution is 2.07. The first kappa shape index (κ1) is 17.1. The van der Waals surface area contributed by atoms with Gasteiger partial charge in [-0.2, -0.15) is 5.10 Å². The average molecular weight is 313 g/mol. The Labute approximate surface area is 138 Å². The number of nitrogens with one attached hydrogen (secondary N) is 2. The quantitative estimate of drug-likeness (QED) is 0.610. The van der Waals surface area contributed by atoms with Gasteiger partial charge < -0.3 is 10.6 Å². The largest absolute Gasteiger partial charge is 0.356 e. The van der Waals surface area contributed by atoms with Crippen molar-refractivity contribution in [2.75, 3.05) is 20.1 Å². The molecule has 0 bridgehead atoms. The molecule has 0 saturated heterocycles. The maximum atomic E-state index is 4.42. The highest BCUT2D eigenvalue weighted by molar-refractivity contribution is 5.79. The lowest BCUT2D eigenvalue weighted by Crippen LogP contribution is -2.39. The van der Waals surface area contributed by atoms with Crippen molar-refractivity contribution in [1.82, 2.24) is 20.4 Å². The summed E-state index contributed by atoms with van der Waals surface area (Å²) in [6.07, 6.45) is 6.05. The van der Waals surface area contributed by atoms with Gasteiger partial charge in [0.1, 0.15) is 0 Å². The van der Waals surface area contributed by atoms with E-state index in [4.69, 9.17) is 0 Å². The number of hydrogen-bond acceptors (Lipinski definition) is 2. The fraction of sp³-hybridized carbons (Fsp3) is 0.444. The van der Waals surface area contributed by atoms with Gasteiger partial charge in [0.25, 0.3) is 0 Å². The van der Waals surface area contributed by atoms with E-state index in [0.29, 0.717) is 5.92 Å². The van der Waals surface area contributed by atoms with Crippen LogP contribution in [0.2, 0.25) is 0 Å². The number of hydrogen-bond donors (Lipinski definition) is 2. The minimum absolute atomic E-state index is 0.699. The number of nitrogens with zero attached hydrogens (tertiary/aromatic N) is 3. The number of aromatic nitrogens is 2. The predicted octanol–water partition coefficient (Wildman–Crippen LogP) is 2.63. The Morgan fingerprint density at radius 2 is 1.91 bits per heavy atom. The van der Waals surface area contributed by atoms with Crippen LogP contribution in [0, 0.1) is 5.92 Å². The first-order valence-electron chi connectivity index (χ1n) is 8.22. The molecule has 2 aromatic rings. The van der Waals surface area contributed by atoms with Crippen LogP contribution in [0.15, 0.2) is 47.7 Å². The molecule has 124 valence electrons. The Morgan fingerprint density at radius 1 is 1.17 bits per heavy atom. The maximum absolute atomic E-state index is 4.42. The fourth-order valence-corrected chi connectivity index (χ4v) is 2.24. The third kappa shape index (κ3) is 5.77. The van der Waals surface area contributed by atoms with E-state index in [9.17, 15) is 0 Å². The molecule has 1 aromatic carbocycles. The van der Waals surface area contributed by atoms with E-state index in [1.807, 2.05) is 29.1 Å². The van der Waals surface area contributed by atoms with E-state index >= 15 is 0 Å². The molecule has 5 heteroatoms. The number of rotatable bonds is 7. The van der Waals surface area contributed by atoms with Crippen LogP contribution in [-0.4, -0.2) is 35.9 Å². The smallest absolute Gasteiger partial charge is 0.190 e. The molecule has 0 saturated carbocycles. The number of para-hydroxylation sites is 1. The molecule has 1 heterocycles. The van der Waals surface area contributed by atoms with Crippen molar-refractivity contribution in [3.05, 3.63) is 48.3 Å². The Kier molecular flexibility index (Phi) is 6.66. The maximum Gasteiger partial charge on any atom is 0.190 e. The zero-order chi connectivity index (χ0) is 16.5. The van der Waals surface area contributed by atoms with Crippen molar-refractivity contribution >= 4 is 5.96 Å². The summed E-state index contributed by atoms with van der Waals surface area (Å²) in [5.41, 5.74) is 2.29. The SMILES string of the molecule is CN=C(NCCc1cnn(-c2ccccc2)c1)NCCC(C)C. The molecule has 0 aliphatic heterocycles. The van der Waals surface area contributed by atoms with E-state index in [2.05, 4.69) is 52.9 Å². The third-order valence-electron chi connectivity index (χ3n) is 3.60. The lowest BCUT2D eigenvalue weighted by atomic mass is 10.1. The summed E-state index contributed by atoms with van der Waals surface area (Å²) in [5, 5.41) is 11.1. The summed E-state index contributed by atoms with van der Waals surface area (Å²) in [6.45, 7) is 6.23. The van der Waals surface area contributed by atoms with Crippen molar-refractivity contribution in [2.45, 2.75) is 26.7 Å². The summed E-state index contributed by atoms with van der Waals surface area (Å²) in [4.78, 5) is 4.24. The normalized spacial score (nSPS) is 11.7. The Balaban J connectivity index is 1.77. The standard InChI is InChI=1S/C18H27N5/c1-15(2)9-11-20-18(19-3)21-12-10-16-13-22-23(14-16)17-7-5-4-6-8-17/h4-8,13-15H,9-12H2,1-3H3,(H2,19,20,21). The molecule has 0 aliphatic rings. The van der Waals surface area contributed by atoms with Gasteiger partial charge in [0.05, 0.1) is 11.9 Å². The Bertz CT molecular complexity index is 601. The van der Waals surface area contributed by atoms with Gasteiger partial charge in [-0.25, -0.2) is 4.68 Å². The second-order valence-corrected chi connectivity index (χ2v) is 5.99. The summed E-state index contributed by atoms with van der Waals surface area (Å²) in [6, 6.07) is 10.1. The van der Waals surface area contributed by atoms with Crippen LogP contribution in [0.4, 0.5) is 0 Å². The molecular weight excluding hydrogens is 286 g/mol. The zero-order valence-corrected chi connectivity index (χ0v) is 14.3. The molecule has 0 fully saturated rings. The van der Waals surface area contributed by atoms with Crippen LogP contribution in [0.3, 0.4) is 0 Å². The lowest BCUT2D eigenvalue weighted by molar-refractivity contribution is 0.573. The minimum atomic E-state index is 0.699. The molecule has 0 aliphatic carbocycles. The van der Waals surface area contributed by atoms with Crippen LogP contribution in [-0.2, 0) is 6.42 Å². The van der Waals surface area contributed by atoms with Gasteiger partial charge in [-0.1, -0.05) is 32.0 Å². The molecule has 0 unspecified atom stereocenters. The second kappa shape index (κ2) is 8.98. The molecule has 1 aromatic heterocycles. The van der Waals surface area contributed by atoms with Crippen molar-refractivity contribution in [3.8, 4) is 5.69 Å². The average Bonchev–Trinajstić information content (AvgIpc) is 3.03. The first-order chi connectivity index (χ1) is 11.2. The van der Waals surface area contributed by atoms with E-state index < -0.39 is 0 Å². The van der Waals surface area contributed by atoms with Gasteiger partial charge in [0.2, 0.25) is 0 Å². The molecule has 2 rings (SSSR count). The molecule has 5 nitrogen and oxygen atoms in total. The third-order valence-corrected chi connectivity index (χ3v) is 3.60. The van der Waals surface area contributed by atoms with Crippen LogP contribution in [0.5, 0.6) is 0 Å². The highest BCUT2D eigenvalue weighted by atomic mass is 15.3. The number of guanidine groups is 1. The molecule has 0 spiro atoms. The van der Waals surface area contributed by atoms with Crippen LogP contribution >= 0.6 is 0 Å². The zero-order valence-electron chi connectivity index (χ0n) is 14.3. The summed E-state index contributed by atoms with van der Waals surface area (Å²) in [7, 11) is 1.80. The van der Waals surface area contributed by atoms with Gasteiger partial charge in [-0.3, -0.25) is 4.99 Å². The van der Waals surface area contributed by atoms with Gasteiger partial charge in [-0.05, 0) is 36.5 Å². The van der Waals surface area contributed by atoms with Crippen LogP contribution in [0.25, 0.3) is 5.69 Å². The molecule has 0 radical (unpaired) electrons. The van der Waals surface area contributed by atoms with Gasteiger partial charge in [0, 0.05) is 26.3 Å². The molecule has 0 atom stereocenters.